The van der Waals surface area contributed by atoms with E-state index < -0.39 is 0 Å². The van der Waals surface area contributed by atoms with E-state index in [9.17, 15) is 0 Å². The van der Waals surface area contributed by atoms with E-state index in [1.54, 1.807) is 0 Å². The molecule has 16 heavy (non-hydrogen) atoms. The molecule has 0 saturated carbocycles. The van der Waals surface area contributed by atoms with Gasteiger partial charge in [-0.2, -0.15) is 0 Å². The Balaban J connectivity index is 2.82. The lowest BCUT2D eigenvalue weighted by molar-refractivity contribution is 0.597. The Hall–Kier alpha value is -1.53. The quantitative estimate of drug-likeness (QED) is 0.763. The molecule has 1 rings (SSSR count). The van der Waals surface area contributed by atoms with Gasteiger partial charge in [-0.15, -0.1) is 6.42 Å². The van der Waals surface area contributed by atoms with Gasteiger partial charge in [0.05, 0.1) is 6.54 Å². The number of nitrogens with zero attached hydrogens (tertiary/aromatic N) is 2. The van der Waals surface area contributed by atoms with Gasteiger partial charge < -0.3 is 10.2 Å². The normalized spacial score (nSPS) is 11.9. The molecule has 0 aromatic carbocycles. The molecule has 0 aliphatic rings. The van der Waals surface area contributed by atoms with Crippen molar-refractivity contribution in [2.75, 3.05) is 25.0 Å². The number of hydrogen-bond acceptors (Lipinski definition) is 3. The lowest BCUT2D eigenvalue weighted by Crippen LogP contribution is -2.21. The highest BCUT2D eigenvalue weighted by molar-refractivity contribution is 5.42. The van der Waals surface area contributed by atoms with Crippen molar-refractivity contribution in [2.24, 2.45) is 0 Å². The molecule has 3 nitrogen and oxygen atoms in total. The molecule has 0 amide bonds. The van der Waals surface area contributed by atoms with Gasteiger partial charge in [0.15, 0.2) is 0 Å². The summed E-state index contributed by atoms with van der Waals surface area (Å²) in [6.45, 7) is 5.78. The van der Waals surface area contributed by atoms with Crippen molar-refractivity contribution < 1.29 is 0 Å². The van der Waals surface area contributed by atoms with Crippen LogP contribution in [-0.2, 0) is 0 Å². The van der Waals surface area contributed by atoms with Gasteiger partial charge in [0.25, 0.3) is 0 Å². The van der Waals surface area contributed by atoms with Gasteiger partial charge in [-0.25, -0.2) is 4.98 Å². The number of terminal acetylenes is 1. The van der Waals surface area contributed by atoms with Gasteiger partial charge in [0.2, 0.25) is 0 Å². The number of anilines is 1. The largest absolute Gasteiger partial charge is 0.349 e. The van der Waals surface area contributed by atoms with E-state index in [4.69, 9.17) is 6.42 Å². The third-order valence-electron chi connectivity index (χ3n) is 2.50. The fourth-order valence-electron chi connectivity index (χ4n) is 1.55. The first-order chi connectivity index (χ1) is 7.69. The summed E-state index contributed by atoms with van der Waals surface area (Å²) in [5.74, 6) is 3.53. The summed E-state index contributed by atoms with van der Waals surface area (Å²) in [6.07, 6.45) is 7.11. The van der Waals surface area contributed by atoms with Crippen LogP contribution in [0.5, 0.6) is 0 Å². The third-order valence-corrected chi connectivity index (χ3v) is 2.50. The Bertz CT molecular complexity index is 368. The van der Waals surface area contributed by atoms with Crippen LogP contribution in [0.2, 0.25) is 0 Å². The molecule has 1 aromatic rings. The van der Waals surface area contributed by atoms with Crippen molar-refractivity contribution in [3.63, 3.8) is 0 Å². The average Bonchev–Trinajstić information content (AvgIpc) is 2.30. The van der Waals surface area contributed by atoms with Crippen LogP contribution in [0.15, 0.2) is 18.3 Å². The molecular formula is C13H19N3. The molecule has 0 radical (unpaired) electrons. The van der Waals surface area contributed by atoms with Gasteiger partial charge in [0, 0.05) is 19.3 Å². The molecule has 0 aliphatic carbocycles. The highest BCUT2D eigenvalue weighted by Crippen LogP contribution is 2.16. The molecular weight excluding hydrogens is 198 g/mol. The number of pyridine rings is 1. The minimum absolute atomic E-state index is 0.339. The Morgan fingerprint density at radius 1 is 1.62 bits per heavy atom. The first-order valence-corrected chi connectivity index (χ1v) is 5.53. The second kappa shape index (κ2) is 6.14. The predicted molar refractivity (Wildman–Crippen MR) is 68.4 cm³/mol. The van der Waals surface area contributed by atoms with Gasteiger partial charge in [-0.1, -0.05) is 12.8 Å². The number of rotatable bonds is 5. The van der Waals surface area contributed by atoms with E-state index >= 15 is 0 Å². The molecule has 0 spiro atoms. The maximum absolute atomic E-state index is 5.28. The zero-order valence-electron chi connectivity index (χ0n) is 10.2. The Labute approximate surface area is 97.9 Å². The van der Waals surface area contributed by atoms with Crippen molar-refractivity contribution in [2.45, 2.75) is 19.9 Å². The van der Waals surface area contributed by atoms with Crippen LogP contribution in [0, 0.1) is 12.3 Å². The van der Waals surface area contributed by atoms with Crippen LogP contribution in [0.25, 0.3) is 0 Å². The van der Waals surface area contributed by atoms with Crippen molar-refractivity contribution in [3.8, 4) is 12.3 Å². The van der Waals surface area contributed by atoms with E-state index in [0.717, 1.165) is 12.4 Å². The monoisotopic (exact) mass is 217 g/mol. The van der Waals surface area contributed by atoms with Crippen molar-refractivity contribution in [1.82, 2.24) is 10.3 Å². The first kappa shape index (κ1) is 12.5. The van der Waals surface area contributed by atoms with Crippen LogP contribution in [-0.4, -0.2) is 25.1 Å². The van der Waals surface area contributed by atoms with Crippen LogP contribution in [0.3, 0.4) is 0 Å². The Kier molecular flexibility index (Phi) is 4.81. The number of hydrogen-bond donors (Lipinski definition) is 1. The summed E-state index contributed by atoms with van der Waals surface area (Å²) in [5, 5.41) is 3.37. The van der Waals surface area contributed by atoms with Crippen molar-refractivity contribution in [3.05, 3.63) is 23.9 Å². The van der Waals surface area contributed by atoms with Crippen LogP contribution < -0.4 is 10.2 Å². The minimum Gasteiger partial charge on any atom is -0.349 e. The number of aromatic nitrogens is 1. The Morgan fingerprint density at radius 3 is 3.00 bits per heavy atom. The maximum Gasteiger partial charge on any atom is 0.129 e. The topological polar surface area (TPSA) is 28.2 Å². The van der Waals surface area contributed by atoms with Gasteiger partial charge >= 0.3 is 0 Å². The molecule has 1 heterocycles. The fraction of sp³-hybridized carbons (Fsp3) is 0.462. The molecule has 0 saturated heterocycles. The molecule has 1 unspecified atom stereocenters. The number of nitrogens with one attached hydrogen (secondary N) is 1. The smallest absolute Gasteiger partial charge is 0.129 e. The lowest BCUT2D eigenvalue weighted by Gasteiger charge is -2.18. The van der Waals surface area contributed by atoms with Gasteiger partial charge in [-0.05, 0) is 31.2 Å². The molecule has 1 N–H and O–H groups in total. The van der Waals surface area contributed by atoms with E-state index in [1.165, 1.54) is 5.56 Å². The molecule has 86 valence electrons. The zero-order valence-corrected chi connectivity index (χ0v) is 10.2. The van der Waals surface area contributed by atoms with E-state index in [-0.39, 0.29) is 0 Å². The summed E-state index contributed by atoms with van der Waals surface area (Å²) in [7, 11) is 1.95. The minimum atomic E-state index is 0.339. The summed E-state index contributed by atoms with van der Waals surface area (Å²) in [4.78, 5) is 6.26. The second-order valence-electron chi connectivity index (χ2n) is 3.79. The van der Waals surface area contributed by atoms with E-state index in [2.05, 4.69) is 36.1 Å². The van der Waals surface area contributed by atoms with Crippen LogP contribution >= 0.6 is 0 Å². The van der Waals surface area contributed by atoms with Crippen molar-refractivity contribution in [1.29, 1.82) is 0 Å². The lowest BCUT2D eigenvalue weighted by atomic mass is 10.1. The van der Waals surface area contributed by atoms with Gasteiger partial charge in [-0.3, -0.25) is 0 Å². The van der Waals surface area contributed by atoms with E-state index in [0.29, 0.717) is 12.6 Å². The molecule has 1 atom stereocenters. The summed E-state index contributed by atoms with van der Waals surface area (Å²) in [6, 6.07) is 4.44. The van der Waals surface area contributed by atoms with Crippen LogP contribution in [0.1, 0.15) is 25.5 Å². The maximum atomic E-state index is 5.28. The average molecular weight is 217 g/mol. The first-order valence-electron chi connectivity index (χ1n) is 5.53. The fourth-order valence-corrected chi connectivity index (χ4v) is 1.55. The zero-order chi connectivity index (χ0) is 12.0. The standard InChI is InChI=1S/C13H19N3/c1-5-9-16(4)13-10-12(7-8-15-13)11(3)14-6-2/h1,7-8,10-11,14H,6,9H2,2-4H3. The predicted octanol–water partition coefficient (Wildman–Crippen LogP) is 1.82. The molecule has 0 aliphatic heterocycles. The summed E-state index contributed by atoms with van der Waals surface area (Å²) >= 11 is 0. The summed E-state index contributed by atoms with van der Waals surface area (Å²) < 4.78 is 0. The third kappa shape index (κ3) is 3.25. The molecule has 1 aromatic heterocycles. The summed E-state index contributed by atoms with van der Waals surface area (Å²) in [5.41, 5.74) is 1.23. The second-order valence-corrected chi connectivity index (χ2v) is 3.79. The van der Waals surface area contributed by atoms with Crippen molar-refractivity contribution >= 4 is 5.82 Å². The molecule has 0 fully saturated rings. The van der Waals surface area contributed by atoms with Gasteiger partial charge in [0.1, 0.15) is 5.82 Å². The van der Waals surface area contributed by atoms with Crippen LogP contribution in [0.4, 0.5) is 5.82 Å². The highest BCUT2D eigenvalue weighted by atomic mass is 15.1. The van der Waals surface area contributed by atoms with E-state index in [1.807, 2.05) is 24.2 Å². The molecule has 3 heteroatoms. The SMILES string of the molecule is C#CCN(C)c1cc(C(C)NCC)ccn1. The Morgan fingerprint density at radius 2 is 2.38 bits per heavy atom. The molecule has 0 bridgehead atoms. The highest BCUT2D eigenvalue weighted by Gasteiger charge is 2.06.